The first-order valence-electron chi connectivity index (χ1n) is 6.67. The van der Waals surface area contributed by atoms with Crippen LogP contribution in [0, 0.1) is 6.92 Å². The molecule has 5 nitrogen and oxygen atoms in total. The molecule has 0 aromatic heterocycles. The number of hydrogen-bond acceptors (Lipinski definition) is 4. The Hall–Kier alpha value is -1.46. The van der Waals surface area contributed by atoms with Crippen LogP contribution >= 0.6 is 11.6 Å². The number of nitrogens with one attached hydrogen (secondary N) is 1. The number of piperazine rings is 1. The Kier molecular flexibility index (Phi) is 4.73. The summed E-state index contributed by atoms with van der Waals surface area (Å²) in [6, 6.07) is 3.62. The van der Waals surface area contributed by atoms with Gasteiger partial charge in [-0.2, -0.15) is 0 Å². The van der Waals surface area contributed by atoms with Crippen LogP contribution < -0.4 is 11.1 Å². The number of anilines is 1. The highest BCUT2D eigenvalue weighted by atomic mass is 35.5. The summed E-state index contributed by atoms with van der Waals surface area (Å²) in [6.45, 7) is 6.32. The minimum Gasteiger partial charge on any atom is -0.445 e. The van der Waals surface area contributed by atoms with Crippen LogP contribution in [0.15, 0.2) is 12.1 Å². The Balaban J connectivity index is 2.00. The molecule has 1 atom stereocenters. The van der Waals surface area contributed by atoms with Gasteiger partial charge >= 0.3 is 6.09 Å². The summed E-state index contributed by atoms with van der Waals surface area (Å²) in [5.41, 5.74) is 8.20. The maximum Gasteiger partial charge on any atom is 0.410 e. The largest absolute Gasteiger partial charge is 0.445 e. The predicted molar refractivity (Wildman–Crippen MR) is 79.8 cm³/mol. The highest BCUT2D eigenvalue weighted by Crippen LogP contribution is 2.23. The summed E-state index contributed by atoms with van der Waals surface area (Å²) in [4.78, 5) is 13.8. The molecule has 1 amide bonds. The van der Waals surface area contributed by atoms with Crippen LogP contribution in [0.3, 0.4) is 0 Å². The molecular weight excluding hydrogens is 278 g/mol. The Morgan fingerprint density at radius 2 is 2.35 bits per heavy atom. The molecule has 1 aromatic carbocycles. The molecule has 110 valence electrons. The number of carbonyl (C=O) groups excluding carboxylic acids is 1. The second-order valence-electron chi connectivity index (χ2n) is 5.08. The van der Waals surface area contributed by atoms with Gasteiger partial charge in [0.1, 0.15) is 6.61 Å². The standard InChI is InChI=1S/C14H20ClN3O2/c1-9-7-17-3-4-18(9)14(19)20-8-11-5-12(15)6-13(16)10(11)2/h5-6,9,17H,3-4,7-8,16H2,1-2H3. The van der Waals surface area contributed by atoms with Gasteiger partial charge in [0.05, 0.1) is 0 Å². The quantitative estimate of drug-likeness (QED) is 0.821. The zero-order chi connectivity index (χ0) is 14.7. The van der Waals surface area contributed by atoms with Gasteiger partial charge in [-0.1, -0.05) is 11.6 Å². The minimum absolute atomic E-state index is 0.141. The van der Waals surface area contributed by atoms with E-state index in [2.05, 4.69) is 5.32 Å². The SMILES string of the molecule is Cc1c(N)cc(Cl)cc1COC(=O)N1CCNCC1C. The number of nitrogens with zero attached hydrogens (tertiary/aromatic N) is 1. The topological polar surface area (TPSA) is 67.6 Å². The van der Waals surface area contributed by atoms with Gasteiger partial charge in [-0.3, -0.25) is 0 Å². The molecule has 0 spiro atoms. The first kappa shape index (κ1) is 14.9. The van der Waals surface area contributed by atoms with Crippen molar-refractivity contribution in [2.45, 2.75) is 26.5 Å². The number of halogens is 1. The molecule has 0 saturated carbocycles. The lowest BCUT2D eigenvalue weighted by molar-refractivity contribution is 0.0758. The molecule has 0 radical (unpaired) electrons. The number of nitrogen functional groups attached to an aromatic ring is 1. The van der Waals surface area contributed by atoms with Crippen molar-refractivity contribution in [1.29, 1.82) is 0 Å². The van der Waals surface area contributed by atoms with Gasteiger partial charge in [-0.05, 0) is 37.1 Å². The molecule has 0 bridgehead atoms. The van der Waals surface area contributed by atoms with Gasteiger partial charge in [-0.15, -0.1) is 0 Å². The Labute approximate surface area is 124 Å². The molecular formula is C14H20ClN3O2. The number of hydrogen-bond donors (Lipinski definition) is 2. The first-order chi connectivity index (χ1) is 9.49. The van der Waals surface area contributed by atoms with Gasteiger partial charge in [0.15, 0.2) is 0 Å². The molecule has 1 aliphatic rings. The number of ether oxygens (including phenoxy) is 1. The van der Waals surface area contributed by atoms with E-state index in [4.69, 9.17) is 22.1 Å². The number of rotatable bonds is 2. The second-order valence-corrected chi connectivity index (χ2v) is 5.52. The van der Waals surface area contributed by atoms with E-state index < -0.39 is 0 Å². The molecule has 1 saturated heterocycles. The van der Waals surface area contributed by atoms with Crippen molar-refractivity contribution < 1.29 is 9.53 Å². The number of nitrogens with two attached hydrogens (primary N) is 1. The van der Waals surface area contributed by atoms with Crippen molar-refractivity contribution in [3.63, 3.8) is 0 Å². The van der Waals surface area contributed by atoms with Crippen molar-refractivity contribution in [2.75, 3.05) is 25.4 Å². The summed E-state index contributed by atoms with van der Waals surface area (Å²) in [6.07, 6.45) is -0.294. The average Bonchev–Trinajstić information content (AvgIpc) is 2.41. The lowest BCUT2D eigenvalue weighted by Crippen LogP contribution is -2.52. The van der Waals surface area contributed by atoms with Gasteiger partial charge in [0.25, 0.3) is 0 Å². The van der Waals surface area contributed by atoms with Gasteiger partial charge in [0.2, 0.25) is 0 Å². The monoisotopic (exact) mass is 297 g/mol. The van der Waals surface area contributed by atoms with E-state index in [-0.39, 0.29) is 18.7 Å². The third-order valence-electron chi connectivity index (χ3n) is 3.61. The molecule has 3 N–H and O–H groups in total. The number of benzene rings is 1. The third-order valence-corrected chi connectivity index (χ3v) is 3.83. The summed E-state index contributed by atoms with van der Waals surface area (Å²) >= 11 is 5.97. The maximum absolute atomic E-state index is 12.1. The van der Waals surface area contributed by atoms with Crippen molar-refractivity contribution in [1.82, 2.24) is 10.2 Å². The smallest absolute Gasteiger partial charge is 0.410 e. The maximum atomic E-state index is 12.1. The van der Waals surface area contributed by atoms with Gasteiger partial charge in [-0.25, -0.2) is 4.79 Å². The van der Waals surface area contributed by atoms with Crippen molar-refractivity contribution >= 4 is 23.4 Å². The summed E-state index contributed by atoms with van der Waals surface area (Å²) in [5, 5.41) is 3.78. The van der Waals surface area contributed by atoms with Crippen LogP contribution in [0.2, 0.25) is 5.02 Å². The molecule has 1 unspecified atom stereocenters. The van der Waals surface area contributed by atoms with E-state index in [1.807, 2.05) is 13.8 Å². The lowest BCUT2D eigenvalue weighted by atomic mass is 10.1. The molecule has 2 rings (SSSR count). The molecule has 1 aromatic rings. The third kappa shape index (κ3) is 3.35. The Morgan fingerprint density at radius 3 is 3.05 bits per heavy atom. The van der Waals surface area contributed by atoms with Crippen LogP contribution in [0.25, 0.3) is 0 Å². The number of carbonyl (C=O) groups is 1. The van der Waals surface area contributed by atoms with E-state index in [0.29, 0.717) is 17.3 Å². The van der Waals surface area contributed by atoms with Crippen molar-refractivity contribution in [2.24, 2.45) is 0 Å². The van der Waals surface area contributed by atoms with E-state index in [1.165, 1.54) is 0 Å². The highest BCUT2D eigenvalue weighted by Gasteiger charge is 2.24. The minimum atomic E-state index is -0.294. The van der Waals surface area contributed by atoms with Crippen molar-refractivity contribution in [3.05, 3.63) is 28.3 Å². The molecule has 0 aliphatic carbocycles. The molecule has 1 heterocycles. The van der Waals surface area contributed by atoms with Crippen LogP contribution in [0.1, 0.15) is 18.1 Å². The molecule has 1 aliphatic heterocycles. The molecule has 20 heavy (non-hydrogen) atoms. The van der Waals surface area contributed by atoms with Gasteiger partial charge < -0.3 is 20.7 Å². The Morgan fingerprint density at radius 1 is 1.60 bits per heavy atom. The fraction of sp³-hybridized carbons (Fsp3) is 0.500. The second kappa shape index (κ2) is 6.33. The zero-order valence-electron chi connectivity index (χ0n) is 11.8. The highest BCUT2D eigenvalue weighted by molar-refractivity contribution is 6.31. The molecule has 6 heteroatoms. The zero-order valence-corrected chi connectivity index (χ0v) is 12.5. The average molecular weight is 298 g/mol. The van der Waals surface area contributed by atoms with E-state index >= 15 is 0 Å². The summed E-state index contributed by atoms with van der Waals surface area (Å²) < 4.78 is 5.37. The van der Waals surface area contributed by atoms with E-state index in [0.717, 1.165) is 24.2 Å². The van der Waals surface area contributed by atoms with Crippen LogP contribution in [0.4, 0.5) is 10.5 Å². The number of amides is 1. The first-order valence-corrected chi connectivity index (χ1v) is 7.05. The van der Waals surface area contributed by atoms with E-state index in [1.54, 1.807) is 17.0 Å². The van der Waals surface area contributed by atoms with Gasteiger partial charge in [0, 0.05) is 36.4 Å². The van der Waals surface area contributed by atoms with Crippen LogP contribution in [0.5, 0.6) is 0 Å². The van der Waals surface area contributed by atoms with E-state index in [9.17, 15) is 4.79 Å². The summed E-state index contributed by atoms with van der Waals surface area (Å²) in [7, 11) is 0. The molecule has 1 fully saturated rings. The van der Waals surface area contributed by atoms with Crippen LogP contribution in [-0.2, 0) is 11.3 Å². The predicted octanol–water partition coefficient (Wildman–Crippen LogP) is 2.16. The van der Waals surface area contributed by atoms with Crippen LogP contribution in [-0.4, -0.2) is 36.7 Å². The lowest BCUT2D eigenvalue weighted by Gasteiger charge is -2.33. The fourth-order valence-electron chi connectivity index (χ4n) is 2.24. The normalized spacial score (nSPS) is 18.9. The fourth-order valence-corrected chi connectivity index (χ4v) is 2.49. The Bertz CT molecular complexity index is 507. The van der Waals surface area contributed by atoms with Crippen molar-refractivity contribution in [3.8, 4) is 0 Å². The summed E-state index contributed by atoms with van der Waals surface area (Å²) in [5.74, 6) is 0.